The zero-order chi connectivity index (χ0) is 9.78. The van der Waals surface area contributed by atoms with E-state index >= 15 is 0 Å². The van der Waals surface area contributed by atoms with Gasteiger partial charge in [0.15, 0.2) is 5.78 Å². The minimum absolute atomic E-state index is 0.0291. The molecule has 1 N–H and O–H groups in total. The summed E-state index contributed by atoms with van der Waals surface area (Å²) >= 11 is 0. The van der Waals surface area contributed by atoms with Crippen molar-refractivity contribution in [3.63, 3.8) is 0 Å². The standard InChI is InChI=1S/C10H18O2/c1-5-8(2)10(4,12)7-6-9(3)11/h6-8,12H,5H2,1-4H3. The molecule has 0 saturated heterocycles. The van der Waals surface area contributed by atoms with Crippen LogP contribution in [0.4, 0.5) is 0 Å². The van der Waals surface area contributed by atoms with E-state index in [-0.39, 0.29) is 11.7 Å². The van der Waals surface area contributed by atoms with Gasteiger partial charge >= 0.3 is 0 Å². The monoisotopic (exact) mass is 170 g/mol. The van der Waals surface area contributed by atoms with Gasteiger partial charge in [-0.3, -0.25) is 4.79 Å². The molecule has 0 heterocycles. The summed E-state index contributed by atoms with van der Waals surface area (Å²) < 4.78 is 0. The van der Waals surface area contributed by atoms with E-state index in [0.717, 1.165) is 6.42 Å². The summed E-state index contributed by atoms with van der Waals surface area (Å²) in [5, 5.41) is 9.79. The second-order valence-electron chi connectivity index (χ2n) is 3.48. The Morgan fingerprint density at radius 3 is 2.50 bits per heavy atom. The van der Waals surface area contributed by atoms with Crippen molar-refractivity contribution in [2.24, 2.45) is 5.92 Å². The third-order valence-electron chi connectivity index (χ3n) is 2.27. The first-order valence-corrected chi connectivity index (χ1v) is 4.32. The second-order valence-corrected chi connectivity index (χ2v) is 3.48. The van der Waals surface area contributed by atoms with Crippen molar-refractivity contribution in [1.29, 1.82) is 0 Å². The Labute approximate surface area is 74.3 Å². The molecule has 70 valence electrons. The molecule has 12 heavy (non-hydrogen) atoms. The van der Waals surface area contributed by atoms with E-state index in [1.165, 1.54) is 13.0 Å². The van der Waals surface area contributed by atoms with Crippen molar-refractivity contribution in [1.82, 2.24) is 0 Å². The van der Waals surface area contributed by atoms with Crippen LogP contribution in [0.3, 0.4) is 0 Å². The summed E-state index contributed by atoms with van der Waals surface area (Å²) in [4.78, 5) is 10.6. The third-order valence-corrected chi connectivity index (χ3v) is 2.27. The quantitative estimate of drug-likeness (QED) is 0.654. The highest BCUT2D eigenvalue weighted by atomic mass is 16.3. The van der Waals surface area contributed by atoms with Gasteiger partial charge in [-0.05, 0) is 31.9 Å². The molecule has 0 aliphatic heterocycles. The molecule has 2 heteroatoms. The molecular formula is C10H18O2. The van der Waals surface area contributed by atoms with Crippen molar-refractivity contribution in [3.05, 3.63) is 12.2 Å². The maximum Gasteiger partial charge on any atom is 0.152 e. The van der Waals surface area contributed by atoms with Crippen molar-refractivity contribution in [2.45, 2.75) is 39.7 Å². The molecule has 0 fully saturated rings. The Kier molecular flexibility index (Phi) is 4.18. The van der Waals surface area contributed by atoms with Crippen molar-refractivity contribution in [3.8, 4) is 0 Å². The molecule has 0 rings (SSSR count). The lowest BCUT2D eigenvalue weighted by Gasteiger charge is -2.25. The Balaban J connectivity index is 4.30. The van der Waals surface area contributed by atoms with Crippen LogP contribution in [0, 0.1) is 5.92 Å². The summed E-state index contributed by atoms with van der Waals surface area (Å²) in [5.41, 5.74) is -0.861. The summed E-state index contributed by atoms with van der Waals surface area (Å²) in [6, 6.07) is 0. The second kappa shape index (κ2) is 4.41. The van der Waals surface area contributed by atoms with E-state index in [9.17, 15) is 9.90 Å². The minimum Gasteiger partial charge on any atom is -0.386 e. The topological polar surface area (TPSA) is 37.3 Å². The molecule has 0 aliphatic rings. The lowest BCUT2D eigenvalue weighted by atomic mass is 9.88. The highest BCUT2D eigenvalue weighted by Gasteiger charge is 2.23. The van der Waals surface area contributed by atoms with Gasteiger partial charge < -0.3 is 5.11 Å². The van der Waals surface area contributed by atoms with Gasteiger partial charge in [0, 0.05) is 0 Å². The average molecular weight is 170 g/mol. The van der Waals surface area contributed by atoms with Gasteiger partial charge in [0.2, 0.25) is 0 Å². The molecule has 2 nitrogen and oxygen atoms in total. The Morgan fingerprint density at radius 2 is 2.17 bits per heavy atom. The van der Waals surface area contributed by atoms with Crippen LogP contribution < -0.4 is 0 Å². The lowest BCUT2D eigenvalue weighted by Crippen LogP contribution is -2.29. The first kappa shape index (κ1) is 11.4. The normalized spacial score (nSPS) is 19.1. The molecule has 0 aromatic carbocycles. The first-order chi connectivity index (χ1) is 5.40. The van der Waals surface area contributed by atoms with Gasteiger partial charge in [-0.2, -0.15) is 0 Å². The van der Waals surface area contributed by atoms with E-state index in [2.05, 4.69) is 0 Å². The number of allylic oxidation sites excluding steroid dienone is 1. The Morgan fingerprint density at radius 1 is 1.67 bits per heavy atom. The molecule has 0 saturated carbocycles. The van der Waals surface area contributed by atoms with Gasteiger partial charge in [0.25, 0.3) is 0 Å². The van der Waals surface area contributed by atoms with E-state index in [1.54, 1.807) is 13.0 Å². The maximum absolute atomic E-state index is 10.6. The van der Waals surface area contributed by atoms with Gasteiger partial charge in [-0.1, -0.05) is 20.3 Å². The van der Waals surface area contributed by atoms with E-state index < -0.39 is 5.60 Å². The molecule has 0 aromatic heterocycles. The fraction of sp³-hybridized carbons (Fsp3) is 0.700. The molecule has 0 radical (unpaired) electrons. The fourth-order valence-corrected chi connectivity index (χ4v) is 0.864. The third kappa shape index (κ3) is 3.67. The van der Waals surface area contributed by atoms with Crippen LogP contribution in [0.2, 0.25) is 0 Å². The maximum atomic E-state index is 10.6. The molecule has 0 bridgehead atoms. The van der Waals surface area contributed by atoms with Gasteiger partial charge in [0.05, 0.1) is 5.60 Å². The van der Waals surface area contributed by atoms with Gasteiger partial charge in [-0.25, -0.2) is 0 Å². The highest BCUT2D eigenvalue weighted by Crippen LogP contribution is 2.20. The van der Waals surface area contributed by atoms with Crippen molar-refractivity contribution >= 4 is 5.78 Å². The van der Waals surface area contributed by atoms with Crippen LogP contribution in [0.5, 0.6) is 0 Å². The lowest BCUT2D eigenvalue weighted by molar-refractivity contribution is -0.112. The van der Waals surface area contributed by atoms with Crippen LogP contribution >= 0.6 is 0 Å². The number of hydrogen-bond acceptors (Lipinski definition) is 2. The van der Waals surface area contributed by atoms with Crippen LogP contribution in [-0.2, 0) is 4.79 Å². The molecule has 0 aromatic rings. The molecule has 0 amide bonds. The smallest absolute Gasteiger partial charge is 0.152 e. The van der Waals surface area contributed by atoms with Crippen LogP contribution in [-0.4, -0.2) is 16.5 Å². The van der Waals surface area contributed by atoms with E-state index in [0.29, 0.717) is 0 Å². The van der Waals surface area contributed by atoms with E-state index in [1.807, 2.05) is 13.8 Å². The van der Waals surface area contributed by atoms with Crippen LogP contribution in [0.1, 0.15) is 34.1 Å². The SMILES string of the molecule is CCC(C)C(C)(O)C=CC(C)=O. The molecular weight excluding hydrogens is 152 g/mol. The number of ketones is 1. The number of rotatable bonds is 4. The molecule has 0 aliphatic carbocycles. The van der Waals surface area contributed by atoms with Gasteiger partial charge in [-0.15, -0.1) is 0 Å². The van der Waals surface area contributed by atoms with E-state index in [4.69, 9.17) is 0 Å². The minimum atomic E-state index is -0.861. The Bertz CT molecular complexity index is 180. The largest absolute Gasteiger partial charge is 0.386 e. The summed E-state index contributed by atoms with van der Waals surface area (Å²) in [7, 11) is 0. The molecule has 2 unspecified atom stereocenters. The van der Waals surface area contributed by atoms with Crippen LogP contribution in [0.15, 0.2) is 12.2 Å². The first-order valence-electron chi connectivity index (χ1n) is 4.32. The average Bonchev–Trinajstić information content (AvgIpc) is 1.99. The molecule has 0 spiro atoms. The number of carbonyl (C=O) groups excluding carboxylic acids is 1. The Hall–Kier alpha value is -0.630. The molecule has 2 atom stereocenters. The summed E-state index contributed by atoms with van der Waals surface area (Å²) in [6.45, 7) is 7.18. The van der Waals surface area contributed by atoms with Gasteiger partial charge in [0.1, 0.15) is 0 Å². The van der Waals surface area contributed by atoms with Crippen molar-refractivity contribution in [2.75, 3.05) is 0 Å². The zero-order valence-corrected chi connectivity index (χ0v) is 8.29. The highest BCUT2D eigenvalue weighted by molar-refractivity contribution is 5.87. The number of carbonyl (C=O) groups is 1. The fourth-order valence-electron chi connectivity index (χ4n) is 0.864. The number of aliphatic hydroxyl groups is 1. The van der Waals surface area contributed by atoms with Crippen LogP contribution in [0.25, 0.3) is 0 Å². The number of hydrogen-bond donors (Lipinski definition) is 1. The predicted octanol–water partition coefficient (Wildman–Crippen LogP) is 1.93. The zero-order valence-electron chi connectivity index (χ0n) is 8.29. The predicted molar refractivity (Wildman–Crippen MR) is 49.9 cm³/mol. The summed E-state index contributed by atoms with van der Waals surface area (Å²) in [5.74, 6) is 0.145. The van der Waals surface area contributed by atoms with Crippen molar-refractivity contribution < 1.29 is 9.90 Å². The summed E-state index contributed by atoms with van der Waals surface area (Å²) in [6.07, 6.45) is 3.89.